The molecular formula is C12H13F2NO5. The van der Waals surface area contributed by atoms with Crippen molar-refractivity contribution in [2.24, 2.45) is 0 Å². The molecule has 0 radical (unpaired) electrons. The van der Waals surface area contributed by atoms with Crippen molar-refractivity contribution in [1.82, 2.24) is 5.32 Å². The van der Waals surface area contributed by atoms with Gasteiger partial charge in [-0.15, -0.1) is 0 Å². The molecule has 0 saturated carbocycles. The molecule has 0 spiro atoms. The predicted octanol–water partition coefficient (Wildman–Crippen LogP) is 0.193. The molecule has 1 amide bonds. The Morgan fingerprint density at radius 2 is 1.80 bits per heavy atom. The Hall–Kier alpha value is -2.06. The summed E-state index contributed by atoms with van der Waals surface area (Å²) in [6, 6.07) is 0.918. The SMILES string of the molecule is CC(=O)NCC(O)C(O)c1cc(F)c(F)cc1C(=O)O. The Bertz CT molecular complexity index is 535. The number of hydrogen-bond donors (Lipinski definition) is 4. The minimum atomic E-state index is -1.79. The third-order valence-electron chi connectivity index (χ3n) is 2.57. The van der Waals surface area contributed by atoms with Crippen molar-refractivity contribution in [2.75, 3.05) is 6.54 Å². The number of rotatable bonds is 5. The zero-order valence-electron chi connectivity index (χ0n) is 10.4. The van der Waals surface area contributed by atoms with Gasteiger partial charge in [0.1, 0.15) is 12.2 Å². The maximum Gasteiger partial charge on any atom is 0.336 e. The average Bonchev–Trinajstić information content (AvgIpc) is 2.37. The van der Waals surface area contributed by atoms with Crippen molar-refractivity contribution in [1.29, 1.82) is 0 Å². The van der Waals surface area contributed by atoms with Crippen LogP contribution in [0.1, 0.15) is 28.9 Å². The monoisotopic (exact) mass is 289 g/mol. The van der Waals surface area contributed by atoms with Crippen LogP contribution in [0.2, 0.25) is 0 Å². The summed E-state index contributed by atoms with van der Waals surface area (Å²) in [5.41, 5.74) is -1.15. The van der Waals surface area contributed by atoms with Crippen LogP contribution in [0.15, 0.2) is 12.1 Å². The number of amides is 1. The van der Waals surface area contributed by atoms with E-state index in [0.29, 0.717) is 12.1 Å². The molecule has 0 saturated heterocycles. The largest absolute Gasteiger partial charge is 0.478 e. The fourth-order valence-corrected chi connectivity index (χ4v) is 1.56. The molecule has 2 unspecified atom stereocenters. The van der Waals surface area contributed by atoms with Gasteiger partial charge in [-0.25, -0.2) is 13.6 Å². The molecule has 4 N–H and O–H groups in total. The lowest BCUT2D eigenvalue weighted by molar-refractivity contribution is -0.119. The van der Waals surface area contributed by atoms with Crippen LogP contribution in [0.3, 0.4) is 0 Å². The summed E-state index contributed by atoms with van der Waals surface area (Å²) in [6.45, 7) is 0.813. The van der Waals surface area contributed by atoms with Gasteiger partial charge in [0.2, 0.25) is 5.91 Å². The minimum absolute atomic E-state index is 0.367. The van der Waals surface area contributed by atoms with Crippen LogP contribution in [-0.4, -0.2) is 39.8 Å². The van der Waals surface area contributed by atoms with Crippen LogP contribution in [0.5, 0.6) is 0 Å². The van der Waals surface area contributed by atoms with Crippen molar-refractivity contribution in [2.45, 2.75) is 19.1 Å². The quantitative estimate of drug-likeness (QED) is 0.619. The first-order chi connectivity index (χ1) is 9.23. The van der Waals surface area contributed by atoms with E-state index in [1.807, 2.05) is 0 Å². The van der Waals surface area contributed by atoms with Gasteiger partial charge in [-0.2, -0.15) is 0 Å². The van der Waals surface area contributed by atoms with E-state index >= 15 is 0 Å². The van der Waals surface area contributed by atoms with E-state index in [0.717, 1.165) is 0 Å². The summed E-state index contributed by atoms with van der Waals surface area (Å²) in [5, 5.41) is 30.5. The molecule has 0 bridgehead atoms. The summed E-state index contributed by atoms with van der Waals surface area (Å²) in [6.07, 6.45) is -3.36. The number of carboxylic acid groups (broad SMARTS) is 1. The predicted molar refractivity (Wildman–Crippen MR) is 63.0 cm³/mol. The summed E-state index contributed by atoms with van der Waals surface area (Å²) in [4.78, 5) is 21.6. The summed E-state index contributed by atoms with van der Waals surface area (Å²) in [5.74, 6) is -4.78. The number of aromatic carboxylic acids is 1. The van der Waals surface area contributed by atoms with Gasteiger partial charge in [0.25, 0.3) is 0 Å². The normalized spacial score (nSPS) is 13.7. The highest BCUT2D eigenvalue weighted by Crippen LogP contribution is 2.24. The average molecular weight is 289 g/mol. The van der Waals surface area contributed by atoms with Crippen molar-refractivity contribution in [3.63, 3.8) is 0 Å². The van der Waals surface area contributed by atoms with Crippen LogP contribution >= 0.6 is 0 Å². The van der Waals surface area contributed by atoms with Crippen LogP contribution in [0, 0.1) is 11.6 Å². The number of carboxylic acids is 1. The molecule has 6 nitrogen and oxygen atoms in total. The van der Waals surface area contributed by atoms with Gasteiger partial charge < -0.3 is 20.6 Å². The Morgan fingerprint density at radius 3 is 2.30 bits per heavy atom. The summed E-state index contributed by atoms with van der Waals surface area (Å²) < 4.78 is 26.1. The van der Waals surface area contributed by atoms with Crippen molar-refractivity contribution >= 4 is 11.9 Å². The number of nitrogens with one attached hydrogen (secondary N) is 1. The molecule has 1 aromatic rings. The van der Waals surface area contributed by atoms with Crippen LogP contribution in [-0.2, 0) is 4.79 Å². The molecule has 110 valence electrons. The highest BCUT2D eigenvalue weighted by Gasteiger charge is 2.26. The van der Waals surface area contributed by atoms with Gasteiger partial charge in [-0.05, 0) is 12.1 Å². The number of aliphatic hydroxyl groups excluding tert-OH is 2. The van der Waals surface area contributed by atoms with E-state index < -0.39 is 46.8 Å². The molecule has 0 fully saturated rings. The lowest BCUT2D eigenvalue weighted by atomic mass is 9.98. The topological polar surface area (TPSA) is 107 Å². The van der Waals surface area contributed by atoms with E-state index in [4.69, 9.17) is 5.11 Å². The van der Waals surface area contributed by atoms with Crippen molar-refractivity contribution in [3.05, 3.63) is 34.9 Å². The molecule has 0 aliphatic carbocycles. The molecule has 2 atom stereocenters. The molecule has 0 aromatic heterocycles. The van der Waals surface area contributed by atoms with Gasteiger partial charge in [0.05, 0.1) is 5.56 Å². The molecule has 20 heavy (non-hydrogen) atoms. The molecule has 0 heterocycles. The van der Waals surface area contributed by atoms with Crippen LogP contribution < -0.4 is 5.32 Å². The number of aliphatic hydroxyl groups is 2. The first-order valence-electron chi connectivity index (χ1n) is 5.56. The summed E-state index contributed by atoms with van der Waals surface area (Å²) in [7, 11) is 0. The zero-order chi connectivity index (χ0) is 15.4. The number of carbonyl (C=O) groups excluding carboxylic acids is 1. The maximum absolute atomic E-state index is 13.1. The Kier molecular flexibility index (Phi) is 5.12. The van der Waals surface area contributed by atoms with E-state index in [1.165, 1.54) is 6.92 Å². The van der Waals surface area contributed by atoms with E-state index in [1.54, 1.807) is 0 Å². The molecule has 0 aliphatic heterocycles. The minimum Gasteiger partial charge on any atom is -0.478 e. The van der Waals surface area contributed by atoms with E-state index in [9.17, 15) is 28.6 Å². The van der Waals surface area contributed by atoms with E-state index in [2.05, 4.69) is 5.32 Å². The molecular weight excluding hydrogens is 276 g/mol. The van der Waals surface area contributed by atoms with Crippen molar-refractivity contribution < 1.29 is 33.7 Å². The van der Waals surface area contributed by atoms with Gasteiger partial charge in [0, 0.05) is 19.0 Å². The lowest BCUT2D eigenvalue weighted by Gasteiger charge is -2.20. The zero-order valence-corrected chi connectivity index (χ0v) is 10.4. The molecule has 1 rings (SSSR count). The van der Waals surface area contributed by atoms with Gasteiger partial charge in [-0.3, -0.25) is 4.79 Å². The van der Waals surface area contributed by atoms with Gasteiger partial charge >= 0.3 is 5.97 Å². The standard InChI is InChI=1S/C12H13F2NO5/c1-5(16)15-4-10(17)11(18)6-2-8(13)9(14)3-7(6)12(19)20/h2-3,10-11,17-18H,4H2,1H3,(H,15,16)(H,19,20). The van der Waals surface area contributed by atoms with Gasteiger partial charge in [0.15, 0.2) is 11.6 Å². The number of halogens is 2. The number of carbonyl (C=O) groups is 2. The Labute approximate surface area is 112 Å². The second-order valence-electron chi connectivity index (χ2n) is 4.11. The summed E-state index contributed by atoms with van der Waals surface area (Å²) >= 11 is 0. The van der Waals surface area contributed by atoms with Crippen LogP contribution in [0.4, 0.5) is 8.78 Å². The smallest absolute Gasteiger partial charge is 0.336 e. The molecule has 8 heteroatoms. The third-order valence-corrected chi connectivity index (χ3v) is 2.57. The fourth-order valence-electron chi connectivity index (χ4n) is 1.56. The van der Waals surface area contributed by atoms with Crippen LogP contribution in [0.25, 0.3) is 0 Å². The first-order valence-corrected chi connectivity index (χ1v) is 5.56. The molecule has 1 aromatic carbocycles. The highest BCUT2D eigenvalue weighted by atomic mass is 19.2. The maximum atomic E-state index is 13.1. The second-order valence-corrected chi connectivity index (χ2v) is 4.11. The Balaban J connectivity index is 3.07. The third kappa shape index (κ3) is 3.72. The Morgan fingerprint density at radius 1 is 1.25 bits per heavy atom. The first kappa shape index (κ1) is 16.0. The lowest BCUT2D eigenvalue weighted by Crippen LogP contribution is -2.34. The number of hydrogen-bond acceptors (Lipinski definition) is 4. The highest BCUT2D eigenvalue weighted by molar-refractivity contribution is 5.89. The second kappa shape index (κ2) is 6.40. The van der Waals surface area contributed by atoms with Crippen molar-refractivity contribution in [3.8, 4) is 0 Å². The molecule has 0 aliphatic rings. The fraction of sp³-hybridized carbons (Fsp3) is 0.333. The van der Waals surface area contributed by atoms with Gasteiger partial charge in [-0.1, -0.05) is 0 Å². The van der Waals surface area contributed by atoms with E-state index in [-0.39, 0.29) is 6.54 Å². The number of benzene rings is 1.